The molecule has 2 aromatic rings. The van der Waals surface area contributed by atoms with Gasteiger partial charge in [0, 0.05) is 11.3 Å². The highest BCUT2D eigenvalue weighted by Crippen LogP contribution is 2.39. The van der Waals surface area contributed by atoms with Gasteiger partial charge in [-0.05, 0) is 37.3 Å². The molecule has 0 radical (unpaired) electrons. The number of benzene rings is 1. The van der Waals surface area contributed by atoms with Gasteiger partial charge in [-0.25, -0.2) is 4.98 Å². The van der Waals surface area contributed by atoms with E-state index in [0.717, 1.165) is 11.4 Å². The Hall–Kier alpha value is -0.580. The van der Waals surface area contributed by atoms with E-state index in [-0.39, 0.29) is 0 Å². The second kappa shape index (κ2) is 6.46. The summed E-state index contributed by atoms with van der Waals surface area (Å²) in [6.45, 7) is 2.28. The summed E-state index contributed by atoms with van der Waals surface area (Å²) in [6.07, 6.45) is 6.39. The van der Waals surface area contributed by atoms with E-state index in [0.29, 0.717) is 11.3 Å². The number of fused-ring (bicyclic) bond motifs is 1. The lowest BCUT2D eigenvalue weighted by atomic mass is 9.83. The first kappa shape index (κ1) is 14.4. The highest BCUT2D eigenvalue weighted by molar-refractivity contribution is 8.01. The van der Waals surface area contributed by atoms with Crippen LogP contribution in [0.1, 0.15) is 39.0 Å². The molecule has 0 spiro atoms. The van der Waals surface area contributed by atoms with Gasteiger partial charge in [0.05, 0.1) is 10.2 Å². The van der Waals surface area contributed by atoms with Gasteiger partial charge in [0.15, 0.2) is 4.34 Å². The van der Waals surface area contributed by atoms with E-state index in [1.54, 1.807) is 11.3 Å². The quantitative estimate of drug-likeness (QED) is 0.891. The molecule has 1 fully saturated rings. The minimum atomic E-state index is 0.333. The first-order valence-corrected chi connectivity index (χ1v) is 9.23. The number of aromatic nitrogens is 1. The molecule has 1 aliphatic carbocycles. The monoisotopic (exact) mass is 306 g/mol. The van der Waals surface area contributed by atoms with Gasteiger partial charge in [0.25, 0.3) is 0 Å². The fraction of sp³-hybridized carbons (Fsp3) is 0.562. The van der Waals surface area contributed by atoms with Crippen molar-refractivity contribution in [2.75, 3.05) is 0 Å². The second-order valence-corrected chi connectivity index (χ2v) is 8.25. The maximum absolute atomic E-state index is 6.34. The zero-order chi connectivity index (χ0) is 13.9. The molecule has 20 heavy (non-hydrogen) atoms. The van der Waals surface area contributed by atoms with Crippen LogP contribution in [0.2, 0.25) is 0 Å². The Balaban J connectivity index is 1.71. The van der Waals surface area contributed by atoms with E-state index in [1.807, 2.05) is 11.8 Å². The average Bonchev–Trinajstić information content (AvgIpc) is 2.85. The van der Waals surface area contributed by atoms with E-state index >= 15 is 0 Å². The predicted molar refractivity (Wildman–Crippen MR) is 89.5 cm³/mol. The molecule has 3 rings (SSSR count). The van der Waals surface area contributed by atoms with Crippen molar-refractivity contribution >= 4 is 33.3 Å². The van der Waals surface area contributed by atoms with Crippen molar-refractivity contribution in [3.8, 4) is 0 Å². The molecule has 0 saturated heterocycles. The number of thioether (sulfide) groups is 1. The molecule has 1 saturated carbocycles. The van der Waals surface area contributed by atoms with Crippen molar-refractivity contribution < 1.29 is 0 Å². The van der Waals surface area contributed by atoms with Crippen LogP contribution in [0.4, 0.5) is 0 Å². The minimum Gasteiger partial charge on any atom is -0.327 e. The fourth-order valence-corrected chi connectivity index (χ4v) is 5.69. The summed E-state index contributed by atoms with van der Waals surface area (Å²) in [5.74, 6) is 0.867. The van der Waals surface area contributed by atoms with Crippen LogP contribution >= 0.6 is 23.1 Å². The summed E-state index contributed by atoms with van der Waals surface area (Å²) in [4.78, 5) is 4.74. The van der Waals surface area contributed by atoms with Gasteiger partial charge in [-0.1, -0.05) is 43.7 Å². The number of nitrogens with two attached hydrogens (primary N) is 1. The molecule has 0 aliphatic heterocycles. The topological polar surface area (TPSA) is 38.9 Å². The van der Waals surface area contributed by atoms with E-state index in [9.17, 15) is 0 Å². The van der Waals surface area contributed by atoms with Crippen LogP contribution in [-0.2, 0) is 0 Å². The van der Waals surface area contributed by atoms with Crippen molar-refractivity contribution in [3.05, 3.63) is 24.3 Å². The molecule has 0 amide bonds. The lowest BCUT2D eigenvalue weighted by Gasteiger charge is -2.33. The average molecular weight is 307 g/mol. The molecule has 1 heterocycles. The lowest BCUT2D eigenvalue weighted by Crippen LogP contribution is -2.38. The first-order valence-electron chi connectivity index (χ1n) is 7.54. The number of rotatable bonds is 4. The van der Waals surface area contributed by atoms with Gasteiger partial charge in [0.1, 0.15) is 0 Å². The Labute approximate surface area is 129 Å². The van der Waals surface area contributed by atoms with Crippen molar-refractivity contribution in [2.45, 2.75) is 54.7 Å². The molecule has 1 aromatic carbocycles. The maximum Gasteiger partial charge on any atom is 0.151 e. The van der Waals surface area contributed by atoms with Crippen LogP contribution < -0.4 is 5.73 Å². The molecule has 2 nitrogen and oxygen atoms in total. The van der Waals surface area contributed by atoms with Crippen molar-refractivity contribution in [2.24, 2.45) is 11.7 Å². The van der Waals surface area contributed by atoms with Crippen LogP contribution in [0, 0.1) is 5.92 Å². The predicted octanol–water partition coefficient (Wildman–Crippen LogP) is 4.68. The van der Waals surface area contributed by atoms with Crippen LogP contribution in [0.3, 0.4) is 0 Å². The molecule has 2 N–H and O–H groups in total. The van der Waals surface area contributed by atoms with Crippen molar-refractivity contribution in [3.63, 3.8) is 0 Å². The Morgan fingerprint density at radius 1 is 1.35 bits per heavy atom. The summed E-state index contributed by atoms with van der Waals surface area (Å²) < 4.78 is 2.47. The molecule has 3 unspecified atom stereocenters. The number of nitrogens with zero attached hydrogens (tertiary/aromatic N) is 1. The SMILES string of the molecule is CCCC1CCC(N)C(Sc2nc3ccccc3s2)C1. The molecule has 0 bridgehead atoms. The van der Waals surface area contributed by atoms with E-state index in [4.69, 9.17) is 10.7 Å². The molecular formula is C16H22N2S2. The Morgan fingerprint density at radius 2 is 2.20 bits per heavy atom. The highest BCUT2D eigenvalue weighted by atomic mass is 32.2. The maximum atomic E-state index is 6.34. The normalized spacial score (nSPS) is 27.0. The van der Waals surface area contributed by atoms with E-state index in [1.165, 1.54) is 41.1 Å². The molecule has 1 aliphatic rings. The zero-order valence-corrected chi connectivity index (χ0v) is 13.6. The van der Waals surface area contributed by atoms with Crippen LogP contribution in [0.25, 0.3) is 10.2 Å². The van der Waals surface area contributed by atoms with Gasteiger partial charge < -0.3 is 5.73 Å². The second-order valence-electron chi connectivity index (χ2n) is 5.74. The lowest BCUT2D eigenvalue weighted by molar-refractivity contribution is 0.317. The largest absolute Gasteiger partial charge is 0.327 e. The van der Waals surface area contributed by atoms with Crippen LogP contribution in [0.15, 0.2) is 28.6 Å². The summed E-state index contributed by atoms with van der Waals surface area (Å²) in [7, 11) is 0. The Kier molecular flexibility index (Phi) is 4.64. The molecule has 1 aromatic heterocycles. The molecule has 3 atom stereocenters. The van der Waals surface area contributed by atoms with Gasteiger partial charge in [0.2, 0.25) is 0 Å². The molecular weight excluding hydrogens is 284 g/mol. The van der Waals surface area contributed by atoms with Gasteiger partial charge in [-0.2, -0.15) is 0 Å². The number of hydrogen-bond acceptors (Lipinski definition) is 4. The zero-order valence-electron chi connectivity index (χ0n) is 11.9. The minimum absolute atomic E-state index is 0.333. The Morgan fingerprint density at radius 3 is 3.00 bits per heavy atom. The van der Waals surface area contributed by atoms with Gasteiger partial charge in [-0.15, -0.1) is 11.3 Å². The number of para-hydroxylation sites is 1. The van der Waals surface area contributed by atoms with Gasteiger partial charge >= 0.3 is 0 Å². The summed E-state index contributed by atoms with van der Waals surface area (Å²) >= 11 is 3.71. The first-order chi connectivity index (χ1) is 9.76. The smallest absolute Gasteiger partial charge is 0.151 e. The summed E-state index contributed by atoms with van der Waals surface area (Å²) in [5.41, 5.74) is 7.46. The summed E-state index contributed by atoms with van der Waals surface area (Å²) in [6, 6.07) is 8.72. The Bertz CT molecular complexity index is 533. The number of thiazole rings is 1. The van der Waals surface area contributed by atoms with Crippen LogP contribution in [0.5, 0.6) is 0 Å². The van der Waals surface area contributed by atoms with Crippen LogP contribution in [-0.4, -0.2) is 16.3 Å². The van der Waals surface area contributed by atoms with E-state index in [2.05, 4.69) is 31.2 Å². The van der Waals surface area contributed by atoms with Crippen molar-refractivity contribution in [1.29, 1.82) is 0 Å². The third-order valence-electron chi connectivity index (χ3n) is 4.17. The standard InChI is InChI=1S/C16H22N2S2/c1-2-5-11-8-9-12(17)15(10-11)20-16-18-13-6-3-4-7-14(13)19-16/h3-4,6-7,11-12,15H,2,5,8-10,17H2,1H3. The number of hydrogen-bond donors (Lipinski definition) is 1. The third kappa shape index (κ3) is 3.18. The third-order valence-corrected chi connectivity index (χ3v) is 6.68. The summed E-state index contributed by atoms with van der Waals surface area (Å²) in [5, 5.41) is 0.542. The molecule has 108 valence electrons. The van der Waals surface area contributed by atoms with E-state index < -0.39 is 0 Å². The van der Waals surface area contributed by atoms with Crippen molar-refractivity contribution in [1.82, 2.24) is 4.98 Å². The highest BCUT2D eigenvalue weighted by Gasteiger charge is 2.29. The molecule has 4 heteroatoms. The fourth-order valence-electron chi connectivity index (χ4n) is 3.07. The van der Waals surface area contributed by atoms with Gasteiger partial charge in [-0.3, -0.25) is 0 Å².